The fourth-order valence-corrected chi connectivity index (χ4v) is 3.01. The third kappa shape index (κ3) is 2.74. The molecule has 110 valence electrons. The third-order valence-electron chi connectivity index (χ3n) is 4.06. The summed E-state index contributed by atoms with van der Waals surface area (Å²) in [6.45, 7) is 3.05. The van der Waals surface area contributed by atoms with Crippen LogP contribution >= 0.6 is 11.6 Å². The molecule has 0 bridgehead atoms. The van der Waals surface area contributed by atoms with Crippen molar-refractivity contribution in [3.63, 3.8) is 0 Å². The summed E-state index contributed by atoms with van der Waals surface area (Å²) < 4.78 is 0. The summed E-state index contributed by atoms with van der Waals surface area (Å²) in [6.07, 6.45) is 0.274. The molecular weight excluding hydrogens is 288 g/mol. The Morgan fingerprint density at radius 1 is 1.43 bits per heavy atom. The molecule has 4 nitrogen and oxygen atoms in total. The van der Waals surface area contributed by atoms with Crippen LogP contribution in [-0.4, -0.2) is 40.1 Å². The Kier molecular flexibility index (Phi) is 3.83. The maximum Gasteiger partial charge on any atom is 0.272 e. The number of pyridine rings is 1. The maximum atomic E-state index is 12.6. The van der Waals surface area contributed by atoms with Gasteiger partial charge in [-0.05, 0) is 23.8 Å². The quantitative estimate of drug-likeness (QED) is 0.824. The summed E-state index contributed by atoms with van der Waals surface area (Å²) in [6, 6.07) is 9.39. The molecule has 3 rings (SSSR count). The number of aliphatic hydroxyl groups is 1. The van der Waals surface area contributed by atoms with Gasteiger partial charge in [-0.3, -0.25) is 4.79 Å². The first kappa shape index (κ1) is 14.3. The second-order valence-electron chi connectivity index (χ2n) is 5.60. The Morgan fingerprint density at radius 2 is 2.19 bits per heavy atom. The van der Waals surface area contributed by atoms with E-state index in [1.165, 1.54) is 0 Å². The molecule has 0 aliphatic carbocycles. The molecule has 1 aliphatic heterocycles. The second kappa shape index (κ2) is 5.62. The van der Waals surface area contributed by atoms with Crippen molar-refractivity contribution in [3.8, 4) is 0 Å². The molecule has 1 saturated heterocycles. The minimum absolute atomic E-state index is 0.0821. The van der Waals surface area contributed by atoms with E-state index in [-0.39, 0.29) is 17.9 Å². The number of rotatable bonds is 1. The molecule has 1 aliphatic rings. The van der Waals surface area contributed by atoms with Crippen LogP contribution in [-0.2, 0) is 0 Å². The highest BCUT2D eigenvalue weighted by Gasteiger charge is 2.28. The van der Waals surface area contributed by atoms with Crippen molar-refractivity contribution < 1.29 is 9.90 Å². The van der Waals surface area contributed by atoms with Gasteiger partial charge < -0.3 is 10.0 Å². The lowest BCUT2D eigenvalue weighted by molar-refractivity contribution is 0.0294. The summed E-state index contributed by atoms with van der Waals surface area (Å²) in [7, 11) is 0. The van der Waals surface area contributed by atoms with E-state index in [4.69, 9.17) is 11.6 Å². The summed E-state index contributed by atoms with van der Waals surface area (Å²) in [4.78, 5) is 18.5. The van der Waals surface area contributed by atoms with E-state index in [9.17, 15) is 9.90 Å². The van der Waals surface area contributed by atoms with Crippen LogP contribution < -0.4 is 0 Å². The van der Waals surface area contributed by atoms with Gasteiger partial charge in [0, 0.05) is 18.5 Å². The summed E-state index contributed by atoms with van der Waals surface area (Å²) in [5, 5.41) is 11.9. The Hall–Kier alpha value is -1.65. The first-order valence-electron chi connectivity index (χ1n) is 7.09. The van der Waals surface area contributed by atoms with E-state index in [2.05, 4.69) is 4.98 Å². The molecule has 0 radical (unpaired) electrons. The Morgan fingerprint density at radius 3 is 2.95 bits per heavy atom. The lowest BCUT2D eigenvalue weighted by Gasteiger charge is -2.34. The largest absolute Gasteiger partial charge is 0.393 e. The highest BCUT2D eigenvalue weighted by molar-refractivity contribution is 6.34. The van der Waals surface area contributed by atoms with Crippen molar-refractivity contribution in [1.29, 1.82) is 0 Å². The second-order valence-corrected chi connectivity index (χ2v) is 5.96. The van der Waals surface area contributed by atoms with Crippen molar-refractivity contribution in [3.05, 3.63) is 41.2 Å². The van der Waals surface area contributed by atoms with Gasteiger partial charge in [0.25, 0.3) is 5.91 Å². The number of carbonyl (C=O) groups is 1. The van der Waals surface area contributed by atoms with Crippen LogP contribution in [0.2, 0.25) is 5.15 Å². The molecule has 21 heavy (non-hydrogen) atoms. The molecule has 1 aromatic carbocycles. The number of nitrogens with zero attached hydrogens (tertiary/aromatic N) is 2. The van der Waals surface area contributed by atoms with Crippen LogP contribution in [0.3, 0.4) is 0 Å². The number of aromatic nitrogens is 1. The van der Waals surface area contributed by atoms with Gasteiger partial charge in [0.05, 0.1) is 6.10 Å². The maximum absolute atomic E-state index is 12.6. The van der Waals surface area contributed by atoms with Gasteiger partial charge in [-0.1, -0.05) is 42.8 Å². The number of fused-ring (bicyclic) bond motifs is 1. The number of piperidine rings is 1. The predicted octanol–water partition coefficient (Wildman–Crippen LogP) is 2.73. The molecule has 2 atom stereocenters. The number of amides is 1. The molecule has 1 amide bonds. The molecule has 2 unspecified atom stereocenters. The monoisotopic (exact) mass is 304 g/mol. The van der Waals surface area contributed by atoms with Crippen LogP contribution in [0.5, 0.6) is 0 Å². The van der Waals surface area contributed by atoms with Crippen LogP contribution in [0.1, 0.15) is 23.8 Å². The van der Waals surface area contributed by atoms with Crippen molar-refractivity contribution in [2.45, 2.75) is 19.4 Å². The standard InChI is InChI=1S/C16H17ClN2O2/c1-10-9-19(7-6-14(10)20)16(21)13-8-11-4-2-3-5-12(11)15(17)18-13/h2-5,8,10,14,20H,6-7,9H2,1H3. The number of halogens is 1. The number of carbonyl (C=O) groups excluding carboxylic acids is 1. The van der Waals surface area contributed by atoms with Crippen molar-refractivity contribution in [2.24, 2.45) is 5.92 Å². The molecule has 1 aromatic heterocycles. The Bertz CT molecular complexity index is 689. The topological polar surface area (TPSA) is 53.4 Å². The molecule has 1 fully saturated rings. The van der Waals surface area contributed by atoms with E-state index >= 15 is 0 Å². The fourth-order valence-electron chi connectivity index (χ4n) is 2.75. The van der Waals surface area contributed by atoms with Crippen molar-refractivity contribution >= 4 is 28.3 Å². The summed E-state index contributed by atoms with van der Waals surface area (Å²) in [5.41, 5.74) is 0.363. The first-order chi connectivity index (χ1) is 10.1. The Balaban J connectivity index is 1.91. The van der Waals surface area contributed by atoms with Crippen LogP contribution in [0.15, 0.2) is 30.3 Å². The number of likely N-dealkylation sites (tertiary alicyclic amines) is 1. The van der Waals surface area contributed by atoms with Crippen molar-refractivity contribution in [1.82, 2.24) is 9.88 Å². The predicted molar refractivity (Wildman–Crippen MR) is 82.4 cm³/mol. The summed E-state index contributed by atoms with van der Waals surface area (Å²) >= 11 is 6.18. The lowest BCUT2D eigenvalue weighted by atomic mass is 9.96. The van der Waals surface area contributed by atoms with E-state index in [0.717, 1.165) is 10.8 Å². The SMILES string of the molecule is CC1CN(C(=O)c2cc3ccccc3c(Cl)n2)CCC1O. The minimum atomic E-state index is -0.331. The van der Waals surface area contributed by atoms with Crippen LogP contribution in [0, 0.1) is 5.92 Å². The minimum Gasteiger partial charge on any atom is -0.393 e. The lowest BCUT2D eigenvalue weighted by Crippen LogP contribution is -2.45. The van der Waals surface area contributed by atoms with Gasteiger partial charge in [0.1, 0.15) is 10.8 Å². The van der Waals surface area contributed by atoms with E-state index in [1.54, 1.807) is 11.0 Å². The fraction of sp³-hybridized carbons (Fsp3) is 0.375. The van der Waals surface area contributed by atoms with Gasteiger partial charge in [0.2, 0.25) is 0 Å². The molecule has 5 heteroatoms. The average molecular weight is 305 g/mol. The van der Waals surface area contributed by atoms with Crippen LogP contribution in [0.4, 0.5) is 0 Å². The number of hydrogen-bond donors (Lipinski definition) is 1. The molecule has 0 spiro atoms. The molecule has 2 aromatic rings. The molecular formula is C16H17ClN2O2. The highest BCUT2D eigenvalue weighted by atomic mass is 35.5. The van der Waals surface area contributed by atoms with Crippen LogP contribution in [0.25, 0.3) is 10.8 Å². The Labute approximate surface area is 128 Å². The highest BCUT2D eigenvalue weighted by Crippen LogP contribution is 2.24. The summed E-state index contributed by atoms with van der Waals surface area (Å²) in [5.74, 6) is -0.0416. The molecule has 1 N–H and O–H groups in total. The zero-order valence-electron chi connectivity index (χ0n) is 11.8. The number of benzene rings is 1. The van der Waals surface area contributed by atoms with Gasteiger partial charge in [-0.2, -0.15) is 0 Å². The van der Waals surface area contributed by atoms with E-state index in [0.29, 0.717) is 30.4 Å². The molecule has 2 heterocycles. The first-order valence-corrected chi connectivity index (χ1v) is 7.46. The van der Waals surface area contributed by atoms with Gasteiger partial charge in [-0.25, -0.2) is 4.98 Å². The third-order valence-corrected chi connectivity index (χ3v) is 4.35. The zero-order valence-corrected chi connectivity index (χ0v) is 12.5. The number of hydrogen-bond acceptors (Lipinski definition) is 3. The smallest absolute Gasteiger partial charge is 0.272 e. The molecule has 0 saturated carbocycles. The van der Waals surface area contributed by atoms with E-state index in [1.807, 2.05) is 31.2 Å². The van der Waals surface area contributed by atoms with E-state index < -0.39 is 0 Å². The number of aliphatic hydroxyl groups excluding tert-OH is 1. The average Bonchev–Trinajstić information content (AvgIpc) is 2.49. The van der Waals surface area contributed by atoms with Gasteiger partial charge in [0.15, 0.2) is 0 Å². The van der Waals surface area contributed by atoms with Gasteiger partial charge >= 0.3 is 0 Å². The van der Waals surface area contributed by atoms with Gasteiger partial charge in [-0.15, -0.1) is 0 Å². The van der Waals surface area contributed by atoms with Crippen molar-refractivity contribution in [2.75, 3.05) is 13.1 Å². The zero-order chi connectivity index (χ0) is 15.0. The normalized spacial score (nSPS) is 22.5.